The average Bonchev–Trinajstić information content (AvgIpc) is 2.72. The van der Waals surface area contributed by atoms with Gasteiger partial charge in [-0.05, 0) is 19.4 Å². The van der Waals surface area contributed by atoms with E-state index < -0.39 is 0 Å². The Morgan fingerprint density at radius 1 is 1.58 bits per heavy atom. The SMILES string of the molecule is CCc1nc(NC(=O)c2cnc(N)c(Cl)c2)sc1C. The highest BCUT2D eigenvalue weighted by atomic mass is 35.5. The molecule has 5 nitrogen and oxygen atoms in total. The summed E-state index contributed by atoms with van der Waals surface area (Å²) in [5, 5.41) is 3.57. The standard InChI is InChI=1S/C12H13ClN4OS/c1-3-9-6(2)19-12(16-9)17-11(18)7-4-8(13)10(14)15-5-7/h4-5H,3H2,1-2H3,(H2,14,15)(H,16,17,18). The zero-order chi connectivity index (χ0) is 14.0. The predicted octanol–water partition coefficient (Wildman–Crippen LogP) is 2.90. The number of carbonyl (C=O) groups is 1. The van der Waals surface area contributed by atoms with Crippen LogP contribution >= 0.6 is 22.9 Å². The van der Waals surface area contributed by atoms with Crippen molar-refractivity contribution in [2.45, 2.75) is 20.3 Å². The van der Waals surface area contributed by atoms with Crippen LogP contribution in [0.25, 0.3) is 0 Å². The van der Waals surface area contributed by atoms with E-state index >= 15 is 0 Å². The first-order valence-corrected chi connectivity index (χ1v) is 6.89. The van der Waals surface area contributed by atoms with E-state index in [4.69, 9.17) is 17.3 Å². The molecule has 0 atom stereocenters. The lowest BCUT2D eigenvalue weighted by Crippen LogP contribution is -2.12. The van der Waals surface area contributed by atoms with Gasteiger partial charge in [-0.25, -0.2) is 9.97 Å². The van der Waals surface area contributed by atoms with Gasteiger partial charge < -0.3 is 5.73 Å². The number of hydrogen-bond acceptors (Lipinski definition) is 5. The second-order valence-corrected chi connectivity index (χ2v) is 5.53. The zero-order valence-corrected chi connectivity index (χ0v) is 12.1. The van der Waals surface area contributed by atoms with Crippen molar-refractivity contribution >= 4 is 39.8 Å². The van der Waals surface area contributed by atoms with Crippen LogP contribution in [0, 0.1) is 6.92 Å². The van der Waals surface area contributed by atoms with E-state index in [1.165, 1.54) is 23.6 Å². The summed E-state index contributed by atoms with van der Waals surface area (Å²) in [6, 6.07) is 1.49. The van der Waals surface area contributed by atoms with Crippen molar-refractivity contribution in [3.05, 3.63) is 33.4 Å². The van der Waals surface area contributed by atoms with Gasteiger partial charge in [0.05, 0.1) is 16.3 Å². The molecule has 7 heteroatoms. The van der Waals surface area contributed by atoms with E-state index in [9.17, 15) is 4.79 Å². The highest BCUT2D eigenvalue weighted by Crippen LogP contribution is 2.23. The van der Waals surface area contributed by atoms with Crippen molar-refractivity contribution in [2.24, 2.45) is 0 Å². The van der Waals surface area contributed by atoms with Crippen LogP contribution in [0.1, 0.15) is 27.9 Å². The van der Waals surface area contributed by atoms with E-state index in [1.807, 2.05) is 13.8 Å². The van der Waals surface area contributed by atoms with E-state index in [0.29, 0.717) is 10.7 Å². The van der Waals surface area contributed by atoms with Crippen molar-refractivity contribution < 1.29 is 4.79 Å². The number of aromatic nitrogens is 2. The minimum absolute atomic E-state index is 0.205. The first-order valence-electron chi connectivity index (χ1n) is 5.70. The van der Waals surface area contributed by atoms with Crippen molar-refractivity contribution in [2.75, 3.05) is 11.1 Å². The summed E-state index contributed by atoms with van der Waals surface area (Å²) < 4.78 is 0. The van der Waals surface area contributed by atoms with Gasteiger partial charge in [-0.1, -0.05) is 18.5 Å². The molecule has 0 aliphatic heterocycles. The van der Waals surface area contributed by atoms with E-state index in [0.717, 1.165) is 17.0 Å². The number of hydrogen-bond donors (Lipinski definition) is 2. The average molecular weight is 297 g/mol. The molecule has 0 bridgehead atoms. The van der Waals surface area contributed by atoms with Gasteiger partial charge in [0, 0.05) is 11.1 Å². The molecule has 2 heterocycles. The monoisotopic (exact) mass is 296 g/mol. The Labute approximate surface area is 119 Å². The number of halogens is 1. The number of rotatable bonds is 3. The molecule has 19 heavy (non-hydrogen) atoms. The number of carbonyl (C=O) groups excluding carboxylic acids is 1. The Balaban J connectivity index is 2.18. The second-order valence-electron chi connectivity index (χ2n) is 3.92. The van der Waals surface area contributed by atoms with E-state index in [-0.39, 0.29) is 16.7 Å². The molecule has 2 aromatic heterocycles. The maximum absolute atomic E-state index is 12.0. The molecule has 0 radical (unpaired) electrons. The fourth-order valence-corrected chi connectivity index (χ4v) is 2.62. The third-order valence-electron chi connectivity index (χ3n) is 2.58. The first kappa shape index (κ1) is 13.8. The van der Waals surface area contributed by atoms with Gasteiger partial charge in [0.15, 0.2) is 5.13 Å². The summed E-state index contributed by atoms with van der Waals surface area (Å²) >= 11 is 7.28. The van der Waals surface area contributed by atoms with Gasteiger partial charge in [-0.15, -0.1) is 11.3 Å². The van der Waals surface area contributed by atoms with Gasteiger partial charge in [0.2, 0.25) is 0 Å². The molecule has 0 aliphatic rings. The van der Waals surface area contributed by atoms with Gasteiger partial charge >= 0.3 is 0 Å². The number of nitrogen functional groups attached to an aromatic ring is 1. The molecule has 100 valence electrons. The fourth-order valence-electron chi connectivity index (χ4n) is 1.55. The van der Waals surface area contributed by atoms with Crippen molar-refractivity contribution in [1.82, 2.24) is 9.97 Å². The third kappa shape index (κ3) is 3.02. The Morgan fingerprint density at radius 3 is 2.89 bits per heavy atom. The molecule has 0 saturated carbocycles. The van der Waals surface area contributed by atoms with Crippen LogP contribution in [-0.4, -0.2) is 15.9 Å². The Hall–Kier alpha value is -1.66. The molecule has 0 spiro atoms. The molecule has 0 saturated heterocycles. The highest BCUT2D eigenvalue weighted by Gasteiger charge is 2.12. The van der Waals surface area contributed by atoms with E-state index in [1.54, 1.807) is 0 Å². The summed E-state index contributed by atoms with van der Waals surface area (Å²) in [7, 11) is 0. The quantitative estimate of drug-likeness (QED) is 0.912. The summed E-state index contributed by atoms with van der Waals surface area (Å²) in [6.07, 6.45) is 2.23. The summed E-state index contributed by atoms with van der Waals surface area (Å²) in [5.41, 5.74) is 6.84. The Kier molecular flexibility index (Phi) is 4.01. The lowest BCUT2D eigenvalue weighted by molar-refractivity contribution is 0.102. The van der Waals surface area contributed by atoms with Crippen molar-refractivity contribution in [3.8, 4) is 0 Å². The minimum Gasteiger partial charge on any atom is -0.382 e. The number of thiazole rings is 1. The normalized spacial score (nSPS) is 10.5. The first-order chi connectivity index (χ1) is 9.01. The number of amides is 1. The lowest BCUT2D eigenvalue weighted by atomic mass is 10.2. The molecule has 0 aromatic carbocycles. The summed E-state index contributed by atoms with van der Waals surface area (Å²) in [5.74, 6) is -0.0950. The molecule has 0 fully saturated rings. The predicted molar refractivity (Wildman–Crippen MR) is 77.8 cm³/mol. The smallest absolute Gasteiger partial charge is 0.259 e. The molecular formula is C12H13ClN4OS. The molecule has 0 unspecified atom stereocenters. The molecule has 2 rings (SSSR count). The number of aryl methyl sites for hydroxylation is 2. The van der Waals surface area contributed by atoms with Gasteiger partial charge in [0.1, 0.15) is 5.82 Å². The molecular weight excluding hydrogens is 284 g/mol. The van der Waals surface area contributed by atoms with Crippen LogP contribution in [-0.2, 0) is 6.42 Å². The van der Waals surface area contributed by atoms with Crippen LogP contribution in [0.15, 0.2) is 12.3 Å². The maximum atomic E-state index is 12.0. The maximum Gasteiger partial charge on any atom is 0.259 e. The largest absolute Gasteiger partial charge is 0.382 e. The van der Waals surface area contributed by atoms with Crippen LogP contribution in [0.4, 0.5) is 10.9 Å². The number of pyridine rings is 1. The number of nitrogens with two attached hydrogens (primary N) is 1. The molecule has 1 amide bonds. The topological polar surface area (TPSA) is 80.9 Å². The molecule has 3 N–H and O–H groups in total. The second kappa shape index (κ2) is 5.54. The Morgan fingerprint density at radius 2 is 2.32 bits per heavy atom. The number of nitrogens with one attached hydrogen (secondary N) is 1. The van der Waals surface area contributed by atoms with Crippen LogP contribution in [0.2, 0.25) is 5.02 Å². The van der Waals surface area contributed by atoms with Gasteiger partial charge in [-0.3, -0.25) is 10.1 Å². The lowest BCUT2D eigenvalue weighted by Gasteiger charge is -2.03. The summed E-state index contributed by atoms with van der Waals surface area (Å²) in [6.45, 7) is 4.01. The van der Waals surface area contributed by atoms with Crippen LogP contribution < -0.4 is 11.1 Å². The Bertz CT molecular complexity index is 626. The van der Waals surface area contributed by atoms with Crippen molar-refractivity contribution in [1.29, 1.82) is 0 Å². The highest BCUT2D eigenvalue weighted by molar-refractivity contribution is 7.15. The number of anilines is 2. The van der Waals surface area contributed by atoms with Gasteiger partial charge in [0.25, 0.3) is 5.91 Å². The van der Waals surface area contributed by atoms with E-state index in [2.05, 4.69) is 15.3 Å². The number of nitrogens with zero attached hydrogens (tertiary/aromatic N) is 2. The minimum atomic E-state index is -0.300. The fraction of sp³-hybridized carbons (Fsp3) is 0.250. The van der Waals surface area contributed by atoms with Crippen LogP contribution in [0.5, 0.6) is 0 Å². The van der Waals surface area contributed by atoms with Crippen LogP contribution in [0.3, 0.4) is 0 Å². The third-order valence-corrected chi connectivity index (χ3v) is 3.81. The van der Waals surface area contributed by atoms with Gasteiger partial charge in [-0.2, -0.15) is 0 Å². The molecule has 2 aromatic rings. The molecule has 0 aliphatic carbocycles. The summed E-state index contributed by atoms with van der Waals surface area (Å²) in [4.78, 5) is 21.3. The van der Waals surface area contributed by atoms with Crippen molar-refractivity contribution in [3.63, 3.8) is 0 Å². The zero-order valence-electron chi connectivity index (χ0n) is 10.5.